The first kappa shape index (κ1) is 13.5. The van der Waals surface area contributed by atoms with Crippen molar-refractivity contribution in [1.82, 2.24) is 14.5 Å². The number of aromatic carboxylic acids is 1. The fourth-order valence-electron chi connectivity index (χ4n) is 2.45. The number of fused-ring (bicyclic) bond motifs is 1. The molecule has 0 amide bonds. The topological polar surface area (TPSA) is 58.4 Å². The third-order valence-corrected chi connectivity index (χ3v) is 4.57. The van der Waals surface area contributed by atoms with Crippen LogP contribution >= 0.6 is 11.8 Å². The van der Waals surface area contributed by atoms with Crippen LogP contribution in [0.15, 0.2) is 24.5 Å². The van der Waals surface area contributed by atoms with Crippen LogP contribution in [-0.4, -0.2) is 56.7 Å². The highest BCUT2D eigenvalue weighted by Gasteiger charge is 2.11. The molecule has 3 rings (SSSR count). The van der Waals surface area contributed by atoms with E-state index in [0.29, 0.717) is 0 Å². The Morgan fingerprint density at radius 1 is 1.30 bits per heavy atom. The molecule has 1 aliphatic rings. The lowest BCUT2D eigenvalue weighted by atomic mass is 10.2. The van der Waals surface area contributed by atoms with Crippen LogP contribution in [0.25, 0.3) is 11.0 Å². The summed E-state index contributed by atoms with van der Waals surface area (Å²) in [6.07, 6.45) is 1.80. The lowest BCUT2D eigenvalue weighted by molar-refractivity contribution is 0.0697. The summed E-state index contributed by atoms with van der Waals surface area (Å²) in [5.74, 6) is 1.52. The van der Waals surface area contributed by atoms with E-state index < -0.39 is 5.97 Å². The summed E-state index contributed by atoms with van der Waals surface area (Å²) >= 11 is 2.01. The van der Waals surface area contributed by atoms with Gasteiger partial charge >= 0.3 is 5.97 Å². The van der Waals surface area contributed by atoms with E-state index in [2.05, 4.69) is 14.5 Å². The summed E-state index contributed by atoms with van der Waals surface area (Å²) < 4.78 is 2.10. The molecular weight excluding hydrogens is 274 g/mol. The molecule has 0 saturated carbocycles. The van der Waals surface area contributed by atoms with Gasteiger partial charge in [-0.15, -0.1) is 0 Å². The zero-order valence-corrected chi connectivity index (χ0v) is 12.0. The van der Waals surface area contributed by atoms with E-state index in [4.69, 9.17) is 5.11 Å². The van der Waals surface area contributed by atoms with Crippen molar-refractivity contribution in [1.29, 1.82) is 0 Å². The Morgan fingerprint density at radius 2 is 2.10 bits per heavy atom. The summed E-state index contributed by atoms with van der Waals surface area (Å²) in [6.45, 7) is 4.22. The van der Waals surface area contributed by atoms with Gasteiger partial charge in [-0.3, -0.25) is 4.90 Å². The van der Waals surface area contributed by atoms with Crippen molar-refractivity contribution >= 4 is 28.8 Å². The van der Waals surface area contributed by atoms with Crippen molar-refractivity contribution in [2.24, 2.45) is 0 Å². The molecule has 1 saturated heterocycles. The summed E-state index contributed by atoms with van der Waals surface area (Å²) in [6, 6.07) is 5.12. The zero-order valence-electron chi connectivity index (χ0n) is 11.2. The van der Waals surface area contributed by atoms with Gasteiger partial charge in [0.25, 0.3) is 0 Å². The van der Waals surface area contributed by atoms with Crippen LogP contribution in [0.4, 0.5) is 0 Å². The van der Waals surface area contributed by atoms with E-state index in [9.17, 15) is 4.79 Å². The quantitative estimate of drug-likeness (QED) is 0.930. The van der Waals surface area contributed by atoms with E-state index in [-0.39, 0.29) is 5.56 Å². The average Bonchev–Trinajstić information content (AvgIpc) is 2.88. The molecule has 0 unspecified atom stereocenters. The van der Waals surface area contributed by atoms with Crippen LogP contribution in [0.5, 0.6) is 0 Å². The standard InChI is InChI=1S/C14H17N3O2S/c18-14(19)11-1-2-13-12(9-11)15-10-17(13)4-3-16-5-7-20-8-6-16/h1-2,9-10H,3-8H2,(H,18,19). The van der Waals surface area contributed by atoms with Crippen LogP contribution in [0, 0.1) is 0 Å². The SMILES string of the molecule is O=C(O)c1ccc2c(c1)ncn2CCN1CCSCC1. The molecule has 1 fully saturated rings. The van der Waals surface area contributed by atoms with Crippen LogP contribution in [0.2, 0.25) is 0 Å². The molecule has 106 valence electrons. The summed E-state index contributed by atoms with van der Waals surface area (Å²) in [7, 11) is 0. The molecule has 0 spiro atoms. The third kappa shape index (κ3) is 2.81. The maximum atomic E-state index is 10.9. The van der Waals surface area contributed by atoms with E-state index in [0.717, 1.165) is 37.2 Å². The third-order valence-electron chi connectivity index (χ3n) is 3.63. The molecule has 2 aromatic rings. The Labute approximate surface area is 121 Å². The fraction of sp³-hybridized carbons (Fsp3) is 0.429. The molecule has 2 heterocycles. The number of hydrogen-bond acceptors (Lipinski definition) is 4. The number of hydrogen-bond donors (Lipinski definition) is 1. The van der Waals surface area contributed by atoms with Crippen molar-refractivity contribution in [3.8, 4) is 0 Å². The number of carboxylic acids is 1. The normalized spacial score (nSPS) is 16.6. The van der Waals surface area contributed by atoms with Crippen molar-refractivity contribution in [3.05, 3.63) is 30.1 Å². The molecule has 0 radical (unpaired) electrons. The highest BCUT2D eigenvalue weighted by atomic mass is 32.2. The number of thioether (sulfide) groups is 1. The molecule has 1 aromatic carbocycles. The number of aromatic nitrogens is 2. The molecule has 6 heteroatoms. The van der Waals surface area contributed by atoms with E-state index >= 15 is 0 Å². The summed E-state index contributed by atoms with van der Waals surface area (Å²) in [4.78, 5) is 17.7. The Bertz CT molecular complexity index is 620. The molecule has 1 aliphatic heterocycles. The number of carbonyl (C=O) groups is 1. The summed E-state index contributed by atoms with van der Waals surface area (Å²) in [5, 5.41) is 8.98. The Hall–Kier alpha value is -1.53. The minimum atomic E-state index is -0.910. The second-order valence-corrected chi connectivity index (χ2v) is 6.13. The van der Waals surface area contributed by atoms with Crippen LogP contribution in [0.3, 0.4) is 0 Å². The van der Waals surface area contributed by atoms with E-state index in [1.807, 2.05) is 17.8 Å². The first-order valence-corrected chi connectivity index (χ1v) is 7.88. The van der Waals surface area contributed by atoms with Gasteiger partial charge in [-0.2, -0.15) is 11.8 Å². The van der Waals surface area contributed by atoms with Crippen molar-refractivity contribution in [3.63, 3.8) is 0 Å². The molecule has 1 N–H and O–H groups in total. The van der Waals surface area contributed by atoms with Crippen LogP contribution < -0.4 is 0 Å². The van der Waals surface area contributed by atoms with Gasteiger partial charge in [0, 0.05) is 37.7 Å². The molecule has 20 heavy (non-hydrogen) atoms. The molecule has 0 atom stereocenters. The molecular formula is C14H17N3O2S. The molecule has 0 bridgehead atoms. The van der Waals surface area contributed by atoms with Crippen molar-refractivity contribution < 1.29 is 9.90 Å². The first-order valence-electron chi connectivity index (χ1n) is 6.72. The molecule has 1 aromatic heterocycles. The number of imidazole rings is 1. The van der Waals surface area contributed by atoms with Gasteiger partial charge in [0.15, 0.2) is 0 Å². The fourth-order valence-corrected chi connectivity index (χ4v) is 3.43. The monoisotopic (exact) mass is 291 g/mol. The van der Waals surface area contributed by atoms with E-state index in [1.54, 1.807) is 18.5 Å². The van der Waals surface area contributed by atoms with Gasteiger partial charge in [0.2, 0.25) is 0 Å². The van der Waals surface area contributed by atoms with Crippen molar-refractivity contribution in [2.45, 2.75) is 6.54 Å². The number of carboxylic acid groups (broad SMARTS) is 1. The Morgan fingerprint density at radius 3 is 2.85 bits per heavy atom. The largest absolute Gasteiger partial charge is 0.478 e. The van der Waals surface area contributed by atoms with Gasteiger partial charge in [0.05, 0.1) is 22.9 Å². The second kappa shape index (κ2) is 5.85. The smallest absolute Gasteiger partial charge is 0.335 e. The van der Waals surface area contributed by atoms with Gasteiger partial charge in [0.1, 0.15) is 0 Å². The number of rotatable bonds is 4. The Balaban J connectivity index is 1.73. The predicted octanol–water partition coefficient (Wildman–Crippen LogP) is 1.78. The lowest BCUT2D eigenvalue weighted by Crippen LogP contribution is -2.34. The second-order valence-electron chi connectivity index (χ2n) is 4.90. The van der Waals surface area contributed by atoms with Gasteiger partial charge in [-0.05, 0) is 18.2 Å². The first-order chi connectivity index (χ1) is 9.74. The Kier molecular flexibility index (Phi) is 3.93. The maximum Gasteiger partial charge on any atom is 0.335 e. The van der Waals surface area contributed by atoms with Crippen molar-refractivity contribution in [2.75, 3.05) is 31.1 Å². The average molecular weight is 291 g/mol. The number of benzene rings is 1. The maximum absolute atomic E-state index is 10.9. The highest BCUT2D eigenvalue weighted by molar-refractivity contribution is 7.99. The van der Waals surface area contributed by atoms with Gasteiger partial charge in [-0.25, -0.2) is 9.78 Å². The van der Waals surface area contributed by atoms with Crippen LogP contribution in [-0.2, 0) is 6.54 Å². The lowest BCUT2D eigenvalue weighted by Gasteiger charge is -2.26. The molecule has 0 aliphatic carbocycles. The van der Waals surface area contributed by atoms with Gasteiger partial charge in [-0.1, -0.05) is 0 Å². The van der Waals surface area contributed by atoms with Gasteiger partial charge < -0.3 is 9.67 Å². The zero-order chi connectivity index (χ0) is 13.9. The highest BCUT2D eigenvalue weighted by Crippen LogP contribution is 2.16. The number of nitrogens with zero attached hydrogens (tertiary/aromatic N) is 3. The molecule has 5 nitrogen and oxygen atoms in total. The van der Waals surface area contributed by atoms with E-state index in [1.165, 1.54) is 11.5 Å². The minimum Gasteiger partial charge on any atom is -0.478 e. The minimum absolute atomic E-state index is 0.288. The summed E-state index contributed by atoms with van der Waals surface area (Å²) in [5.41, 5.74) is 2.04. The predicted molar refractivity (Wildman–Crippen MR) is 80.5 cm³/mol. The van der Waals surface area contributed by atoms with Crippen LogP contribution in [0.1, 0.15) is 10.4 Å².